The molecule has 1 atom stereocenters. The average molecular weight is 210 g/mol. The molecule has 0 N–H and O–H groups in total. The van der Waals surface area contributed by atoms with Gasteiger partial charge in [-0.3, -0.25) is 0 Å². The average Bonchev–Trinajstić information content (AvgIpc) is 2.07. The second-order valence-corrected chi connectivity index (χ2v) is 7.48. The minimum atomic E-state index is -1.30. The van der Waals surface area contributed by atoms with Gasteiger partial charge >= 0.3 is 9.28 Å². The molecule has 0 radical (unpaired) electrons. The Labute approximate surface area is 78.4 Å². The van der Waals surface area contributed by atoms with Crippen LogP contribution in [0.5, 0.6) is 0 Å². The van der Waals surface area contributed by atoms with Crippen LogP contribution < -0.4 is 0 Å². The SMILES string of the molecule is CCC(C[SiH](OC)OC)[SiH2]S. The lowest BCUT2D eigenvalue weighted by molar-refractivity contribution is 0.276. The minimum absolute atomic E-state index is 0.164. The molecule has 0 spiro atoms. The van der Waals surface area contributed by atoms with Gasteiger partial charge in [-0.05, 0) is 11.6 Å². The molecule has 0 amide bonds. The first-order chi connectivity index (χ1) is 5.28. The van der Waals surface area contributed by atoms with Gasteiger partial charge in [0.15, 0.2) is 0 Å². The fourth-order valence-corrected chi connectivity index (χ4v) is 6.17. The van der Waals surface area contributed by atoms with Crippen molar-refractivity contribution in [1.29, 1.82) is 0 Å². The number of hydrogen-bond acceptors (Lipinski definition) is 3. The third-order valence-electron chi connectivity index (χ3n) is 1.89. The first kappa shape index (κ1) is 11.7. The lowest BCUT2D eigenvalue weighted by Gasteiger charge is -2.16. The smallest absolute Gasteiger partial charge is 0.320 e. The van der Waals surface area contributed by atoms with E-state index < -0.39 is 9.28 Å². The molecule has 0 saturated carbocycles. The highest BCUT2D eigenvalue weighted by Gasteiger charge is 2.15. The van der Waals surface area contributed by atoms with Gasteiger partial charge in [0.1, 0.15) is 0 Å². The molecule has 0 aliphatic carbocycles. The quantitative estimate of drug-likeness (QED) is 0.514. The topological polar surface area (TPSA) is 18.5 Å². The summed E-state index contributed by atoms with van der Waals surface area (Å²) in [6, 6.07) is 1.14. The Morgan fingerprint density at radius 1 is 1.45 bits per heavy atom. The molecule has 1 unspecified atom stereocenters. The van der Waals surface area contributed by atoms with Crippen LogP contribution in [0, 0.1) is 0 Å². The largest absolute Gasteiger partial charge is 0.400 e. The van der Waals surface area contributed by atoms with E-state index in [9.17, 15) is 0 Å². The van der Waals surface area contributed by atoms with E-state index in [-0.39, 0.29) is 8.67 Å². The summed E-state index contributed by atoms with van der Waals surface area (Å²) in [5.41, 5.74) is 0.801. The van der Waals surface area contributed by atoms with Crippen LogP contribution in [0.1, 0.15) is 13.3 Å². The van der Waals surface area contributed by atoms with Crippen LogP contribution in [0.15, 0.2) is 0 Å². The summed E-state index contributed by atoms with van der Waals surface area (Å²) in [7, 11) is 2.02. The van der Waals surface area contributed by atoms with Gasteiger partial charge in [0.2, 0.25) is 0 Å². The molecule has 5 heteroatoms. The molecule has 0 rings (SSSR count). The van der Waals surface area contributed by atoms with Crippen LogP contribution in [0.4, 0.5) is 0 Å². The zero-order chi connectivity index (χ0) is 8.69. The fraction of sp³-hybridized carbons (Fsp3) is 1.00. The Morgan fingerprint density at radius 3 is 2.27 bits per heavy atom. The van der Waals surface area contributed by atoms with Gasteiger partial charge in [-0.15, -0.1) is 0 Å². The third-order valence-corrected chi connectivity index (χ3v) is 7.63. The van der Waals surface area contributed by atoms with Crippen LogP contribution >= 0.6 is 12.1 Å². The van der Waals surface area contributed by atoms with Crippen LogP contribution in [0.3, 0.4) is 0 Å². The van der Waals surface area contributed by atoms with E-state index in [0.717, 1.165) is 11.6 Å². The molecule has 0 aliphatic rings. The molecule has 0 aromatic heterocycles. The van der Waals surface area contributed by atoms with Crippen molar-refractivity contribution in [1.82, 2.24) is 0 Å². The number of rotatable bonds is 6. The minimum Gasteiger partial charge on any atom is -0.400 e. The first-order valence-electron chi connectivity index (χ1n) is 3.94. The lowest BCUT2D eigenvalue weighted by atomic mass is 10.4. The maximum absolute atomic E-state index is 5.24. The summed E-state index contributed by atoms with van der Waals surface area (Å²) >= 11 is 4.40. The molecule has 68 valence electrons. The predicted molar refractivity (Wildman–Crippen MR) is 57.5 cm³/mol. The van der Waals surface area contributed by atoms with E-state index >= 15 is 0 Å². The molecule has 0 aliphatic heterocycles. The van der Waals surface area contributed by atoms with Crippen molar-refractivity contribution in [2.24, 2.45) is 0 Å². The molecule has 11 heavy (non-hydrogen) atoms. The van der Waals surface area contributed by atoms with E-state index in [1.165, 1.54) is 6.42 Å². The number of thiol groups is 1. The monoisotopic (exact) mass is 210 g/mol. The highest BCUT2D eigenvalue weighted by atomic mass is 32.3. The standard InChI is InChI=1S/C6H18O2SSi2/c1-4-6(10-9)5-11(7-2)8-3/h6,9,11H,4-5,10H2,1-3H3. The zero-order valence-corrected chi connectivity index (χ0v) is 11.0. The second-order valence-electron chi connectivity index (χ2n) is 2.59. The van der Waals surface area contributed by atoms with Gasteiger partial charge in [0.25, 0.3) is 0 Å². The summed E-state index contributed by atoms with van der Waals surface area (Å²) in [5.74, 6) is 0. The summed E-state index contributed by atoms with van der Waals surface area (Å²) < 4.78 is 10.5. The molecule has 0 aromatic carbocycles. The van der Waals surface area contributed by atoms with E-state index in [0.29, 0.717) is 0 Å². The van der Waals surface area contributed by atoms with Crippen LogP contribution in [0.25, 0.3) is 0 Å². The molecule has 0 heterocycles. The zero-order valence-electron chi connectivity index (χ0n) is 7.54. The van der Waals surface area contributed by atoms with Gasteiger partial charge in [-0.2, -0.15) is 0 Å². The van der Waals surface area contributed by atoms with Crippen LogP contribution in [-0.4, -0.2) is 32.2 Å². The summed E-state index contributed by atoms with van der Waals surface area (Å²) in [5, 5.41) is 0. The highest BCUT2D eigenvalue weighted by molar-refractivity contribution is 8.07. The first-order valence-corrected chi connectivity index (χ1v) is 9.05. The molecule has 2 nitrogen and oxygen atoms in total. The van der Waals surface area contributed by atoms with E-state index in [1.807, 2.05) is 0 Å². The Bertz CT molecular complexity index is 76.7. The van der Waals surface area contributed by atoms with Crippen molar-refractivity contribution in [3.05, 3.63) is 0 Å². The van der Waals surface area contributed by atoms with Gasteiger partial charge in [-0.25, -0.2) is 12.1 Å². The van der Waals surface area contributed by atoms with Gasteiger partial charge in [0.05, 0.1) is 8.67 Å². The van der Waals surface area contributed by atoms with Crippen molar-refractivity contribution in [3.63, 3.8) is 0 Å². The van der Waals surface area contributed by atoms with E-state index in [1.54, 1.807) is 14.2 Å². The Hall–Kier alpha value is 0.704. The normalized spacial score (nSPS) is 15.0. The Kier molecular flexibility index (Phi) is 7.83. The van der Waals surface area contributed by atoms with Crippen molar-refractivity contribution in [2.75, 3.05) is 14.2 Å². The summed E-state index contributed by atoms with van der Waals surface area (Å²) in [6.07, 6.45) is 1.23. The lowest BCUT2D eigenvalue weighted by Crippen LogP contribution is -2.21. The molecular weight excluding hydrogens is 192 g/mol. The third kappa shape index (κ3) is 5.02. The van der Waals surface area contributed by atoms with Crippen molar-refractivity contribution >= 4 is 30.0 Å². The molecule has 0 saturated heterocycles. The van der Waals surface area contributed by atoms with E-state index in [2.05, 4.69) is 19.0 Å². The van der Waals surface area contributed by atoms with Crippen molar-refractivity contribution in [3.8, 4) is 0 Å². The van der Waals surface area contributed by atoms with Crippen molar-refractivity contribution in [2.45, 2.75) is 24.9 Å². The highest BCUT2D eigenvalue weighted by Crippen LogP contribution is 2.18. The Balaban J connectivity index is 3.58. The Morgan fingerprint density at radius 2 is 2.00 bits per heavy atom. The molecule has 0 aromatic rings. The van der Waals surface area contributed by atoms with Crippen LogP contribution in [-0.2, 0) is 8.85 Å². The second kappa shape index (κ2) is 7.36. The summed E-state index contributed by atoms with van der Waals surface area (Å²) in [4.78, 5) is 0. The van der Waals surface area contributed by atoms with Gasteiger partial charge in [-0.1, -0.05) is 13.3 Å². The fourth-order valence-electron chi connectivity index (χ4n) is 0.931. The van der Waals surface area contributed by atoms with Gasteiger partial charge in [0, 0.05) is 14.2 Å². The van der Waals surface area contributed by atoms with Crippen molar-refractivity contribution < 1.29 is 8.85 Å². The molecule has 0 bridgehead atoms. The maximum atomic E-state index is 5.24. The maximum Gasteiger partial charge on any atom is 0.320 e. The molecular formula is C6H18O2SSi2. The van der Waals surface area contributed by atoms with Gasteiger partial charge < -0.3 is 8.85 Å². The predicted octanol–water partition coefficient (Wildman–Crippen LogP) is 0.712. The molecule has 0 fully saturated rings. The number of hydrogen-bond donors (Lipinski definition) is 1. The summed E-state index contributed by atoms with van der Waals surface area (Å²) in [6.45, 7) is 2.21. The van der Waals surface area contributed by atoms with Crippen LogP contribution in [0.2, 0.25) is 11.6 Å². The van der Waals surface area contributed by atoms with E-state index in [4.69, 9.17) is 8.85 Å².